The zero-order chi connectivity index (χ0) is 20.1. The van der Waals surface area contributed by atoms with Gasteiger partial charge in [0.1, 0.15) is 0 Å². The molecule has 1 aliphatic rings. The molecule has 2 aromatic rings. The van der Waals surface area contributed by atoms with Crippen LogP contribution in [-0.2, 0) is 20.4 Å². The minimum atomic E-state index is 0. The quantitative estimate of drug-likeness (QED) is 0.451. The predicted molar refractivity (Wildman–Crippen MR) is 113 cm³/mol. The topological polar surface area (TPSA) is 0 Å². The molecular weight excluding hydrogens is 467 g/mol. The molecule has 3 rings (SSSR count). The van der Waals surface area contributed by atoms with Crippen LogP contribution in [0.3, 0.4) is 0 Å². The first-order valence-corrected chi connectivity index (χ1v) is 10.6. The van der Waals surface area contributed by atoms with E-state index in [0.717, 1.165) is 0 Å². The molecule has 0 bridgehead atoms. The second-order valence-electron chi connectivity index (χ2n) is 8.58. The Hall–Kier alpha value is -0.496. The standard InChI is InChI=1S/C26H31.3ClH.Ti/c1-15-9-16(2)12-23(11-15)26(24-13-17(3)10-18(4)14-24)25-21(7)19(5)20(6)22(25)8;;;;/h9-14,26H,1-8H3;3*1H;/q;;;;+3/p-3. The van der Waals surface area contributed by atoms with Gasteiger partial charge in [-0.3, -0.25) is 0 Å². The molecule has 0 aliphatic heterocycles. The van der Waals surface area contributed by atoms with Crippen molar-refractivity contribution in [3.05, 3.63) is 92.1 Å². The number of allylic oxidation sites excluding steroid dienone is 4. The molecule has 0 aromatic heterocycles. The van der Waals surface area contributed by atoms with Crippen LogP contribution in [0.1, 0.15) is 67.0 Å². The summed E-state index contributed by atoms with van der Waals surface area (Å²) in [5.41, 5.74) is 14.2. The van der Waals surface area contributed by atoms with Crippen molar-refractivity contribution in [3.63, 3.8) is 0 Å². The van der Waals surface area contributed by atoms with Gasteiger partial charge in [0.15, 0.2) is 0 Å². The van der Waals surface area contributed by atoms with Crippen LogP contribution in [0.2, 0.25) is 3.72 Å². The van der Waals surface area contributed by atoms with Gasteiger partial charge in [0.2, 0.25) is 0 Å². The predicted octanol–water partition coefficient (Wildman–Crippen LogP) is -1.54. The van der Waals surface area contributed by atoms with Crippen molar-refractivity contribution in [2.75, 3.05) is 0 Å². The first-order valence-electron chi connectivity index (χ1n) is 9.83. The summed E-state index contributed by atoms with van der Waals surface area (Å²) in [4.78, 5) is 0. The summed E-state index contributed by atoms with van der Waals surface area (Å²) in [5.74, 6) is 0.321. The molecule has 30 heavy (non-hydrogen) atoms. The van der Waals surface area contributed by atoms with Crippen molar-refractivity contribution < 1.29 is 57.7 Å². The molecule has 1 aliphatic carbocycles. The molecule has 0 unspecified atom stereocenters. The molecule has 0 saturated carbocycles. The smallest absolute Gasteiger partial charge is 1.00 e. The van der Waals surface area contributed by atoms with Gasteiger partial charge in [-0.1, -0.05) is 0 Å². The average Bonchev–Trinajstić information content (AvgIpc) is 2.70. The third-order valence-electron chi connectivity index (χ3n) is 6.46. The zero-order valence-corrected chi connectivity index (χ0v) is 23.0. The number of hydrogen-bond acceptors (Lipinski definition) is 0. The van der Waals surface area contributed by atoms with Crippen LogP contribution in [0.5, 0.6) is 0 Å². The summed E-state index contributed by atoms with van der Waals surface area (Å²) >= 11 is 2.46. The van der Waals surface area contributed by atoms with Crippen molar-refractivity contribution in [1.29, 1.82) is 0 Å². The van der Waals surface area contributed by atoms with Crippen molar-refractivity contribution in [3.8, 4) is 0 Å². The van der Waals surface area contributed by atoms with E-state index < -0.39 is 0 Å². The Morgan fingerprint density at radius 1 is 0.533 bits per heavy atom. The molecule has 0 amide bonds. The fourth-order valence-corrected chi connectivity index (χ4v) is 6.02. The molecule has 0 nitrogen and oxygen atoms in total. The second kappa shape index (κ2) is 10.9. The van der Waals surface area contributed by atoms with Gasteiger partial charge < -0.3 is 37.2 Å². The summed E-state index contributed by atoms with van der Waals surface area (Å²) in [7, 11) is 0. The van der Waals surface area contributed by atoms with Crippen molar-refractivity contribution >= 4 is 0 Å². The van der Waals surface area contributed by atoms with E-state index >= 15 is 0 Å². The Bertz CT molecular complexity index is 870. The SMILES string of the molecule is CC1=C(C)[C]([Ti+3])(C(c2cc(C)cc(C)c2)c2cc(C)cc(C)c2)C(C)=C1C.[Cl-].[Cl-].[Cl-]. The number of rotatable bonds is 3. The fraction of sp³-hybridized carbons (Fsp3) is 0.385. The van der Waals surface area contributed by atoms with Gasteiger partial charge in [0.25, 0.3) is 0 Å². The largest absolute Gasteiger partial charge is 1.00 e. The molecule has 2 aromatic carbocycles. The third-order valence-corrected chi connectivity index (χ3v) is 8.08. The van der Waals surface area contributed by atoms with Crippen LogP contribution in [0.4, 0.5) is 0 Å². The summed E-state index contributed by atoms with van der Waals surface area (Å²) < 4.78 is 0.00856. The van der Waals surface area contributed by atoms with Crippen LogP contribution < -0.4 is 37.2 Å². The second-order valence-corrected chi connectivity index (χ2v) is 9.81. The molecule has 0 atom stereocenters. The number of aryl methyl sites for hydroxylation is 4. The van der Waals surface area contributed by atoms with E-state index in [2.05, 4.69) is 112 Å². The number of hydrogen-bond donors (Lipinski definition) is 0. The Balaban J connectivity index is 0.00000280. The van der Waals surface area contributed by atoms with Gasteiger partial charge in [-0.05, 0) is 0 Å². The van der Waals surface area contributed by atoms with E-state index in [1.807, 2.05) is 0 Å². The third kappa shape index (κ3) is 5.11. The maximum Gasteiger partial charge on any atom is -1.00 e. The van der Waals surface area contributed by atoms with Gasteiger partial charge in [-0.25, -0.2) is 0 Å². The maximum atomic E-state index is 2.46. The summed E-state index contributed by atoms with van der Waals surface area (Å²) in [6.07, 6.45) is 0. The van der Waals surface area contributed by atoms with Crippen molar-refractivity contribution in [1.82, 2.24) is 0 Å². The normalized spacial score (nSPS) is 15.0. The minimum absolute atomic E-state index is 0. The van der Waals surface area contributed by atoms with Gasteiger partial charge in [-0.15, -0.1) is 0 Å². The van der Waals surface area contributed by atoms with Gasteiger partial charge >= 0.3 is 178 Å². The van der Waals surface area contributed by atoms with E-state index in [4.69, 9.17) is 0 Å². The molecule has 0 spiro atoms. The fourth-order valence-electron chi connectivity index (χ4n) is 4.91. The van der Waals surface area contributed by atoms with Crippen LogP contribution in [0.25, 0.3) is 0 Å². The molecule has 0 saturated heterocycles. The Kier molecular flexibility index (Phi) is 10.7. The molecule has 0 N–H and O–H groups in total. The maximum absolute atomic E-state index is 2.46. The van der Waals surface area contributed by atoms with E-state index in [1.54, 1.807) is 0 Å². The van der Waals surface area contributed by atoms with Crippen LogP contribution in [0, 0.1) is 27.7 Å². The Morgan fingerprint density at radius 2 is 0.800 bits per heavy atom. The summed E-state index contributed by atoms with van der Waals surface area (Å²) in [6, 6.07) is 14.1. The van der Waals surface area contributed by atoms with Crippen LogP contribution in [0.15, 0.2) is 58.7 Å². The summed E-state index contributed by atoms with van der Waals surface area (Å²) in [5, 5.41) is 0. The Morgan fingerprint density at radius 3 is 1.07 bits per heavy atom. The first kappa shape index (κ1) is 29.5. The average molecular weight is 498 g/mol. The van der Waals surface area contributed by atoms with E-state index in [1.165, 1.54) is 55.7 Å². The summed E-state index contributed by atoms with van der Waals surface area (Å²) in [6.45, 7) is 18.1. The molecule has 160 valence electrons. The Labute approximate surface area is 213 Å². The molecular formula is C26H31Cl3Ti. The monoisotopic (exact) mass is 496 g/mol. The number of benzene rings is 2. The van der Waals surface area contributed by atoms with Gasteiger partial charge in [-0.2, -0.15) is 0 Å². The van der Waals surface area contributed by atoms with Crippen molar-refractivity contribution in [2.24, 2.45) is 0 Å². The van der Waals surface area contributed by atoms with Gasteiger partial charge in [0.05, 0.1) is 0 Å². The minimum Gasteiger partial charge on any atom is -1.00 e. The van der Waals surface area contributed by atoms with Crippen LogP contribution in [-0.4, -0.2) is 0 Å². The van der Waals surface area contributed by atoms with E-state index in [0.29, 0.717) is 5.92 Å². The first-order chi connectivity index (χ1) is 12.6. The molecule has 0 fully saturated rings. The van der Waals surface area contributed by atoms with E-state index in [9.17, 15) is 0 Å². The zero-order valence-electron chi connectivity index (χ0n) is 19.2. The van der Waals surface area contributed by atoms with Crippen LogP contribution >= 0.6 is 0 Å². The molecule has 4 heteroatoms. The van der Waals surface area contributed by atoms with E-state index in [-0.39, 0.29) is 40.9 Å². The van der Waals surface area contributed by atoms with Gasteiger partial charge in [0, 0.05) is 0 Å². The molecule has 0 heterocycles. The van der Waals surface area contributed by atoms with Crippen molar-refractivity contribution in [2.45, 2.75) is 65.0 Å². The number of halogens is 3. The molecule has 0 radical (unpaired) electrons.